The van der Waals surface area contributed by atoms with Crippen LogP contribution in [0.3, 0.4) is 0 Å². The number of hydrogen-bond donors (Lipinski definition) is 1. The molecule has 0 saturated heterocycles. The number of hydrogen-bond acceptors (Lipinski definition) is 3. The average Bonchev–Trinajstić information content (AvgIpc) is 2.08. The van der Waals surface area contributed by atoms with E-state index in [2.05, 4.69) is 11.4 Å². The molecule has 0 aromatic heterocycles. The molecule has 1 aliphatic rings. The fourth-order valence-electron chi connectivity index (χ4n) is 1.61. The van der Waals surface area contributed by atoms with E-state index in [-0.39, 0.29) is 17.9 Å². The lowest BCUT2D eigenvalue weighted by atomic mass is 9.71. The fraction of sp³-hybridized carbons (Fsp3) is 0.818. The van der Waals surface area contributed by atoms with Crippen molar-refractivity contribution in [2.24, 2.45) is 11.8 Å². The van der Waals surface area contributed by atoms with Gasteiger partial charge >= 0.3 is 6.09 Å². The summed E-state index contributed by atoms with van der Waals surface area (Å²) in [5, 5.41) is 11.5. The van der Waals surface area contributed by atoms with Crippen molar-refractivity contribution >= 4 is 6.09 Å². The largest absolute Gasteiger partial charge is 0.444 e. The molecule has 0 bridgehead atoms. The highest BCUT2D eigenvalue weighted by molar-refractivity contribution is 5.68. The van der Waals surface area contributed by atoms with E-state index >= 15 is 0 Å². The van der Waals surface area contributed by atoms with Crippen LogP contribution in [-0.4, -0.2) is 17.7 Å². The van der Waals surface area contributed by atoms with Crippen molar-refractivity contribution in [2.75, 3.05) is 0 Å². The molecule has 0 spiro atoms. The molecule has 0 aromatic carbocycles. The number of carbonyl (C=O) groups excluding carboxylic acids is 1. The van der Waals surface area contributed by atoms with E-state index < -0.39 is 11.7 Å². The molecule has 0 aromatic rings. The molecule has 15 heavy (non-hydrogen) atoms. The van der Waals surface area contributed by atoms with E-state index in [1.807, 2.05) is 27.7 Å². The maximum absolute atomic E-state index is 11.4. The first-order chi connectivity index (χ1) is 6.83. The van der Waals surface area contributed by atoms with Gasteiger partial charge in [-0.25, -0.2) is 4.79 Å². The van der Waals surface area contributed by atoms with Crippen LogP contribution in [0.15, 0.2) is 0 Å². The Kier molecular flexibility index (Phi) is 3.23. The maximum atomic E-state index is 11.4. The van der Waals surface area contributed by atoms with Crippen molar-refractivity contribution in [1.29, 1.82) is 5.26 Å². The molecule has 1 amide bonds. The number of carbonyl (C=O) groups is 1. The molecule has 1 aliphatic carbocycles. The molecule has 84 valence electrons. The van der Waals surface area contributed by atoms with Crippen molar-refractivity contribution < 1.29 is 9.53 Å². The summed E-state index contributed by atoms with van der Waals surface area (Å²) < 4.78 is 5.13. The van der Waals surface area contributed by atoms with Crippen LogP contribution in [0.1, 0.15) is 34.1 Å². The molecule has 1 saturated carbocycles. The summed E-state index contributed by atoms with van der Waals surface area (Å²) >= 11 is 0. The Labute approximate surface area is 90.6 Å². The van der Waals surface area contributed by atoms with Crippen molar-refractivity contribution in [2.45, 2.75) is 45.8 Å². The lowest BCUT2D eigenvalue weighted by molar-refractivity contribution is 0.0411. The number of nitriles is 1. The number of nitrogens with zero attached hydrogens (tertiary/aromatic N) is 1. The van der Waals surface area contributed by atoms with Crippen molar-refractivity contribution in [3.8, 4) is 6.07 Å². The molecular formula is C11H18N2O2. The third-order valence-electron chi connectivity index (χ3n) is 2.65. The zero-order valence-corrected chi connectivity index (χ0v) is 9.70. The summed E-state index contributed by atoms with van der Waals surface area (Å²) in [6.45, 7) is 7.46. The van der Waals surface area contributed by atoms with Crippen LogP contribution in [0.4, 0.5) is 4.79 Å². The quantitative estimate of drug-likeness (QED) is 0.720. The molecular weight excluding hydrogens is 192 g/mol. The van der Waals surface area contributed by atoms with Crippen LogP contribution >= 0.6 is 0 Å². The fourth-order valence-corrected chi connectivity index (χ4v) is 1.61. The molecule has 0 heterocycles. The average molecular weight is 210 g/mol. The first kappa shape index (κ1) is 11.8. The first-order valence-corrected chi connectivity index (χ1v) is 5.22. The standard InChI is InChI=1S/C11H18N2O2/c1-7-8(6-12)5-9(7)13-10(14)15-11(2,3)4/h7-9H,5H2,1-4H3,(H,13,14). The predicted octanol–water partition coefficient (Wildman–Crippen LogP) is 2.06. The molecule has 1 rings (SSSR count). The molecule has 3 unspecified atom stereocenters. The third kappa shape index (κ3) is 3.12. The van der Waals surface area contributed by atoms with Crippen molar-refractivity contribution in [1.82, 2.24) is 5.32 Å². The van der Waals surface area contributed by atoms with Gasteiger partial charge in [-0.1, -0.05) is 6.92 Å². The van der Waals surface area contributed by atoms with Crippen LogP contribution in [0, 0.1) is 23.2 Å². The smallest absolute Gasteiger partial charge is 0.407 e. The monoisotopic (exact) mass is 210 g/mol. The van der Waals surface area contributed by atoms with Gasteiger partial charge in [-0.2, -0.15) is 5.26 Å². The molecule has 3 atom stereocenters. The summed E-state index contributed by atoms with van der Waals surface area (Å²) in [5.41, 5.74) is -0.467. The summed E-state index contributed by atoms with van der Waals surface area (Å²) in [6, 6.07) is 2.30. The lowest BCUT2D eigenvalue weighted by Crippen LogP contribution is -2.51. The highest BCUT2D eigenvalue weighted by atomic mass is 16.6. The third-order valence-corrected chi connectivity index (χ3v) is 2.65. The zero-order valence-electron chi connectivity index (χ0n) is 9.70. The molecule has 0 radical (unpaired) electrons. The van der Waals surface area contributed by atoms with Gasteiger partial charge in [0.25, 0.3) is 0 Å². The van der Waals surface area contributed by atoms with Crippen LogP contribution in [0.25, 0.3) is 0 Å². The van der Waals surface area contributed by atoms with Gasteiger partial charge in [0, 0.05) is 6.04 Å². The van der Waals surface area contributed by atoms with Gasteiger partial charge in [0.2, 0.25) is 0 Å². The molecule has 0 aliphatic heterocycles. The van der Waals surface area contributed by atoms with Crippen LogP contribution in [-0.2, 0) is 4.74 Å². The minimum atomic E-state index is -0.467. The second kappa shape index (κ2) is 4.09. The molecule has 1 fully saturated rings. The van der Waals surface area contributed by atoms with Gasteiger partial charge < -0.3 is 10.1 Å². The van der Waals surface area contributed by atoms with Gasteiger partial charge in [-0.15, -0.1) is 0 Å². The second-order valence-electron chi connectivity index (χ2n) is 5.08. The van der Waals surface area contributed by atoms with Crippen LogP contribution in [0.5, 0.6) is 0 Å². The Bertz CT molecular complexity index is 288. The predicted molar refractivity (Wildman–Crippen MR) is 56.0 cm³/mol. The zero-order chi connectivity index (χ0) is 11.6. The van der Waals surface area contributed by atoms with E-state index in [1.54, 1.807) is 0 Å². The van der Waals surface area contributed by atoms with Crippen LogP contribution in [0.2, 0.25) is 0 Å². The number of rotatable bonds is 1. The topological polar surface area (TPSA) is 62.1 Å². The van der Waals surface area contributed by atoms with Gasteiger partial charge in [0.15, 0.2) is 0 Å². The summed E-state index contributed by atoms with van der Waals surface area (Å²) in [5.74, 6) is 0.299. The van der Waals surface area contributed by atoms with E-state index in [0.29, 0.717) is 0 Å². The van der Waals surface area contributed by atoms with Gasteiger partial charge in [-0.05, 0) is 33.1 Å². The SMILES string of the molecule is CC1C(C#N)CC1NC(=O)OC(C)(C)C. The van der Waals surface area contributed by atoms with E-state index in [9.17, 15) is 4.79 Å². The minimum Gasteiger partial charge on any atom is -0.444 e. The molecule has 4 heteroatoms. The number of amides is 1. The van der Waals surface area contributed by atoms with E-state index in [4.69, 9.17) is 10.00 Å². The Balaban J connectivity index is 2.33. The second-order valence-corrected chi connectivity index (χ2v) is 5.08. The van der Waals surface area contributed by atoms with Gasteiger partial charge in [-0.3, -0.25) is 0 Å². The van der Waals surface area contributed by atoms with Gasteiger partial charge in [0.1, 0.15) is 5.60 Å². The lowest BCUT2D eigenvalue weighted by Gasteiger charge is -2.39. The maximum Gasteiger partial charge on any atom is 0.407 e. The van der Waals surface area contributed by atoms with Gasteiger partial charge in [0.05, 0.1) is 12.0 Å². The number of nitrogens with one attached hydrogen (secondary N) is 1. The number of ether oxygens (including phenoxy) is 1. The first-order valence-electron chi connectivity index (χ1n) is 5.22. The summed E-state index contributed by atoms with van der Waals surface area (Å²) in [4.78, 5) is 11.4. The summed E-state index contributed by atoms with van der Waals surface area (Å²) in [7, 11) is 0. The Morgan fingerprint density at radius 2 is 2.13 bits per heavy atom. The highest BCUT2D eigenvalue weighted by Gasteiger charge is 2.39. The normalized spacial score (nSPS) is 29.9. The minimum absolute atomic E-state index is 0.0740. The Morgan fingerprint density at radius 1 is 1.53 bits per heavy atom. The van der Waals surface area contributed by atoms with Crippen molar-refractivity contribution in [3.05, 3.63) is 0 Å². The summed E-state index contributed by atoms with van der Waals surface area (Å²) in [6.07, 6.45) is 0.340. The van der Waals surface area contributed by atoms with Crippen molar-refractivity contribution in [3.63, 3.8) is 0 Å². The molecule has 4 nitrogen and oxygen atoms in total. The van der Waals surface area contributed by atoms with Crippen LogP contribution < -0.4 is 5.32 Å². The highest BCUT2D eigenvalue weighted by Crippen LogP contribution is 2.33. The number of alkyl carbamates (subject to hydrolysis) is 1. The van der Waals surface area contributed by atoms with E-state index in [1.165, 1.54) is 0 Å². The van der Waals surface area contributed by atoms with E-state index in [0.717, 1.165) is 6.42 Å². The Hall–Kier alpha value is -1.24. The Morgan fingerprint density at radius 3 is 2.53 bits per heavy atom. The molecule has 1 N–H and O–H groups in total.